The topological polar surface area (TPSA) is 15.3 Å². The van der Waals surface area contributed by atoms with Crippen LogP contribution in [0.1, 0.15) is 59.1 Å². The molecule has 21 heavy (non-hydrogen) atoms. The molecule has 2 heteroatoms. The molecule has 0 radical (unpaired) electrons. The minimum atomic E-state index is 0.408. The van der Waals surface area contributed by atoms with Crippen molar-refractivity contribution in [2.75, 3.05) is 19.6 Å². The Morgan fingerprint density at radius 1 is 1.00 bits per heavy atom. The summed E-state index contributed by atoms with van der Waals surface area (Å²) in [7, 11) is 0. The monoisotopic (exact) mass is 290 g/mol. The molecule has 0 amide bonds. The predicted octanol–water partition coefficient (Wildman–Crippen LogP) is 4.48. The second kappa shape index (κ2) is 9.97. The van der Waals surface area contributed by atoms with Gasteiger partial charge >= 0.3 is 0 Å². The third-order valence-corrected chi connectivity index (χ3v) is 4.69. The van der Waals surface area contributed by atoms with Crippen molar-refractivity contribution in [2.24, 2.45) is 5.92 Å². The highest BCUT2D eigenvalue weighted by molar-refractivity contribution is 5.20. The summed E-state index contributed by atoms with van der Waals surface area (Å²) in [5.74, 6) is 0.811. The lowest BCUT2D eigenvalue weighted by Crippen LogP contribution is -2.44. The predicted molar refractivity (Wildman–Crippen MR) is 93.6 cm³/mol. The Hall–Kier alpha value is -0.860. The fourth-order valence-corrected chi connectivity index (χ4v) is 3.12. The van der Waals surface area contributed by atoms with Crippen LogP contribution in [0, 0.1) is 5.92 Å². The van der Waals surface area contributed by atoms with Gasteiger partial charge in [0.15, 0.2) is 0 Å². The Morgan fingerprint density at radius 2 is 1.62 bits per heavy atom. The number of likely N-dealkylation sites (N-methyl/N-ethyl adjacent to an activating group) is 2. The standard InChI is InChI=1S/C19H34N2/c1-6-17(7-2)15-21(9-4)16(5)19(20-8-3)18-13-11-10-12-14-18/h10-14,16-17,19-20H,6-9,15H2,1-5H3. The van der Waals surface area contributed by atoms with Crippen LogP contribution >= 0.6 is 0 Å². The van der Waals surface area contributed by atoms with E-state index in [9.17, 15) is 0 Å². The Balaban J connectivity index is 2.84. The van der Waals surface area contributed by atoms with Crippen LogP contribution in [0.25, 0.3) is 0 Å². The highest BCUT2D eigenvalue weighted by Crippen LogP contribution is 2.22. The molecule has 120 valence electrons. The van der Waals surface area contributed by atoms with E-state index in [0.29, 0.717) is 12.1 Å². The van der Waals surface area contributed by atoms with E-state index >= 15 is 0 Å². The molecule has 0 bridgehead atoms. The van der Waals surface area contributed by atoms with Gasteiger partial charge in [-0.1, -0.05) is 70.9 Å². The van der Waals surface area contributed by atoms with Gasteiger partial charge in [0.05, 0.1) is 0 Å². The zero-order chi connectivity index (χ0) is 15.7. The van der Waals surface area contributed by atoms with Crippen LogP contribution in [0.3, 0.4) is 0 Å². The summed E-state index contributed by atoms with van der Waals surface area (Å²) in [4.78, 5) is 2.64. The quantitative estimate of drug-likeness (QED) is 0.683. The Kier molecular flexibility index (Phi) is 8.63. The molecule has 0 heterocycles. The van der Waals surface area contributed by atoms with Gasteiger partial charge in [-0.2, -0.15) is 0 Å². The molecule has 0 saturated carbocycles. The highest BCUT2D eigenvalue weighted by atomic mass is 15.2. The molecule has 1 rings (SSSR count). The Morgan fingerprint density at radius 3 is 2.10 bits per heavy atom. The van der Waals surface area contributed by atoms with Gasteiger partial charge in [-0.15, -0.1) is 0 Å². The number of benzene rings is 1. The van der Waals surface area contributed by atoms with E-state index in [0.717, 1.165) is 19.0 Å². The lowest BCUT2D eigenvalue weighted by Gasteiger charge is -2.36. The first-order chi connectivity index (χ1) is 10.2. The Labute approximate surface area is 131 Å². The average molecular weight is 290 g/mol. The van der Waals surface area contributed by atoms with E-state index in [4.69, 9.17) is 0 Å². The number of nitrogens with zero attached hydrogens (tertiary/aromatic N) is 1. The van der Waals surface area contributed by atoms with E-state index < -0.39 is 0 Å². The second-order valence-corrected chi connectivity index (χ2v) is 5.96. The number of nitrogens with one attached hydrogen (secondary N) is 1. The van der Waals surface area contributed by atoms with Crippen molar-refractivity contribution in [2.45, 2.75) is 59.5 Å². The third-order valence-electron chi connectivity index (χ3n) is 4.69. The van der Waals surface area contributed by atoms with Crippen molar-refractivity contribution in [3.63, 3.8) is 0 Å². The van der Waals surface area contributed by atoms with E-state index in [1.54, 1.807) is 0 Å². The van der Waals surface area contributed by atoms with Gasteiger partial charge < -0.3 is 5.32 Å². The first-order valence-electron chi connectivity index (χ1n) is 8.70. The zero-order valence-corrected chi connectivity index (χ0v) is 14.6. The van der Waals surface area contributed by atoms with Gasteiger partial charge in [0.25, 0.3) is 0 Å². The molecule has 0 aliphatic heterocycles. The van der Waals surface area contributed by atoms with Gasteiger partial charge in [-0.3, -0.25) is 4.90 Å². The van der Waals surface area contributed by atoms with E-state index in [-0.39, 0.29) is 0 Å². The zero-order valence-electron chi connectivity index (χ0n) is 14.6. The lowest BCUT2D eigenvalue weighted by atomic mass is 9.96. The van der Waals surface area contributed by atoms with Crippen LogP contribution in [-0.4, -0.2) is 30.6 Å². The van der Waals surface area contributed by atoms with Crippen LogP contribution in [-0.2, 0) is 0 Å². The molecule has 2 nitrogen and oxygen atoms in total. The van der Waals surface area contributed by atoms with Gasteiger partial charge in [0, 0.05) is 18.6 Å². The molecule has 0 aliphatic rings. The summed E-state index contributed by atoms with van der Waals surface area (Å²) in [6.45, 7) is 14.8. The van der Waals surface area contributed by atoms with Crippen molar-refractivity contribution in [1.82, 2.24) is 10.2 Å². The molecule has 0 fully saturated rings. The van der Waals surface area contributed by atoms with Crippen LogP contribution < -0.4 is 5.32 Å². The normalized spacial score (nSPS) is 14.6. The summed E-state index contributed by atoms with van der Waals surface area (Å²) < 4.78 is 0. The fourth-order valence-electron chi connectivity index (χ4n) is 3.12. The van der Waals surface area contributed by atoms with Crippen LogP contribution in [0.2, 0.25) is 0 Å². The first kappa shape index (κ1) is 18.2. The molecule has 0 saturated heterocycles. The molecule has 1 aromatic rings. The smallest absolute Gasteiger partial charge is 0.0475 e. The average Bonchev–Trinajstić information content (AvgIpc) is 2.54. The van der Waals surface area contributed by atoms with Crippen LogP contribution in [0.15, 0.2) is 30.3 Å². The summed E-state index contributed by atoms with van der Waals surface area (Å²) in [5, 5.41) is 3.68. The number of hydrogen-bond acceptors (Lipinski definition) is 2. The maximum atomic E-state index is 3.68. The summed E-state index contributed by atoms with van der Waals surface area (Å²) in [6.07, 6.45) is 2.55. The summed E-state index contributed by atoms with van der Waals surface area (Å²) in [5.41, 5.74) is 1.40. The van der Waals surface area contributed by atoms with Crippen molar-refractivity contribution < 1.29 is 0 Å². The molecule has 1 N–H and O–H groups in total. The second-order valence-electron chi connectivity index (χ2n) is 5.96. The maximum absolute atomic E-state index is 3.68. The molecule has 0 aromatic heterocycles. The first-order valence-corrected chi connectivity index (χ1v) is 8.70. The van der Waals surface area contributed by atoms with E-state index in [1.165, 1.54) is 24.9 Å². The molecule has 1 aromatic carbocycles. The molecular formula is C19H34N2. The molecule has 0 aliphatic carbocycles. The van der Waals surface area contributed by atoms with Gasteiger partial charge in [-0.25, -0.2) is 0 Å². The van der Waals surface area contributed by atoms with E-state index in [2.05, 4.69) is 75.2 Å². The number of hydrogen-bond donors (Lipinski definition) is 1. The minimum Gasteiger partial charge on any atom is -0.309 e. The van der Waals surface area contributed by atoms with Crippen molar-refractivity contribution in [3.05, 3.63) is 35.9 Å². The third kappa shape index (κ3) is 5.44. The van der Waals surface area contributed by atoms with Gasteiger partial charge in [-0.05, 0) is 31.5 Å². The van der Waals surface area contributed by atoms with Crippen molar-refractivity contribution >= 4 is 0 Å². The van der Waals surface area contributed by atoms with E-state index in [1.807, 2.05) is 0 Å². The summed E-state index contributed by atoms with van der Waals surface area (Å²) in [6, 6.07) is 11.8. The molecule has 2 atom stereocenters. The number of rotatable bonds is 10. The lowest BCUT2D eigenvalue weighted by molar-refractivity contribution is 0.148. The van der Waals surface area contributed by atoms with Crippen LogP contribution in [0.4, 0.5) is 0 Å². The van der Waals surface area contributed by atoms with Gasteiger partial charge in [0.1, 0.15) is 0 Å². The van der Waals surface area contributed by atoms with Crippen molar-refractivity contribution in [1.29, 1.82) is 0 Å². The Bertz CT molecular complexity index is 359. The molecule has 0 spiro atoms. The van der Waals surface area contributed by atoms with Crippen molar-refractivity contribution in [3.8, 4) is 0 Å². The van der Waals surface area contributed by atoms with Gasteiger partial charge in [0.2, 0.25) is 0 Å². The molecule has 2 unspecified atom stereocenters. The summed E-state index contributed by atoms with van der Waals surface area (Å²) >= 11 is 0. The minimum absolute atomic E-state index is 0.408. The largest absolute Gasteiger partial charge is 0.309 e. The fraction of sp³-hybridized carbons (Fsp3) is 0.684. The SMILES string of the molecule is CCNC(c1ccccc1)C(C)N(CC)CC(CC)CC. The molecular weight excluding hydrogens is 256 g/mol. The maximum Gasteiger partial charge on any atom is 0.0475 e. The highest BCUT2D eigenvalue weighted by Gasteiger charge is 2.24. The van der Waals surface area contributed by atoms with Crippen LogP contribution in [0.5, 0.6) is 0 Å².